The lowest BCUT2D eigenvalue weighted by atomic mass is 10.1. The molecule has 1 N–H and O–H groups in total. The molecule has 1 aromatic heterocycles. The van der Waals surface area contributed by atoms with Crippen LogP contribution in [0.25, 0.3) is 11.4 Å². The molecule has 6 nitrogen and oxygen atoms in total. The van der Waals surface area contributed by atoms with Gasteiger partial charge in [-0.2, -0.15) is 5.26 Å². The van der Waals surface area contributed by atoms with Gasteiger partial charge in [0.05, 0.1) is 17.7 Å². The zero-order chi connectivity index (χ0) is 20.1. The summed E-state index contributed by atoms with van der Waals surface area (Å²) in [6.45, 7) is 3.92. The van der Waals surface area contributed by atoms with Gasteiger partial charge in [-0.15, -0.1) is 0 Å². The molecule has 0 aliphatic carbocycles. The highest BCUT2D eigenvalue weighted by molar-refractivity contribution is 6.31. The molecule has 1 heterocycles. The molecule has 0 aliphatic heterocycles. The smallest absolute Gasteiger partial charge is 0.358 e. The normalized spacial score (nSPS) is 10.4. The van der Waals surface area contributed by atoms with Crippen molar-refractivity contribution >= 4 is 17.6 Å². The molecule has 0 radical (unpaired) electrons. The molecule has 2 aromatic carbocycles. The minimum atomic E-state index is -0.502. The molecule has 0 aliphatic rings. The maximum atomic E-state index is 12.1. The molecule has 0 amide bonds. The van der Waals surface area contributed by atoms with Crippen molar-refractivity contribution in [3.63, 3.8) is 0 Å². The van der Waals surface area contributed by atoms with Crippen molar-refractivity contribution < 1.29 is 14.3 Å². The molecule has 0 unspecified atom stereocenters. The number of imidazole rings is 1. The largest absolute Gasteiger partial charge is 0.487 e. The van der Waals surface area contributed by atoms with Crippen LogP contribution in [0.2, 0.25) is 5.02 Å². The number of rotatable bonds is 6. The van der Waals surface area contributed by atoms with Gasteiger partial charge in [0.2, 0.25) is 0 Å². The minimum Gasteiger partial charge on any atom is -0.487 e. The minimum absolute atomic E-state index is 0.190. The number of benzene rings is 2. The number of H-pyrrole nitrogens is 1. The Morgan fingerprint density at radius 1 is 1.25 bits per heavy atom. The monoisotopic (exact) mass is 395 g/mol. The third-order valence-corrected chi connectivity index (χ3v) is 4.44. The first-order valence-corrected chi connectivity index (χ1v) is 9.06. The van der Waals surface area contributed by atoms with Gasteiger partial charge in [0.1, 0.15) is 24.3 Å². The highest BCUT2D eigenvalue weighted by atomic mass is 35.5. The van der Waals surface area contributed by atoms with Crippen LogP contribution in [-0.2, 0) is 11.3 Å². The third-order valence-electron chi connectivity index (χ3n) is 4.07. The van der Waals surface area contributed by atoms with Crippen LogP contribution >= 0.6 is 11.6 Å². The lowest BCUT2D eigenvalue weighted by molar-refractivity contribution is 0.0519. The fourth-order valence-electron chi connectivity index (χ4n) is 2.72. The standard InChI is InChI=1S/C21H18ClN3O3/c1-3-27-21(26)18-13(2)24-20(25-18)16-9-6-8-14(11-23)19(16)28-12-15-7-4-5-10-17(15)22/h4-10H,3,12H2,1-2H3,(H,24,25). The average Bonchev–Trinajstić information content (AvgIpc) is 3.09. The summed E-state index contributed by atoms with van der Waals surface area (Å²) >= 11 is 6.19. The van der Waals surface area contributed by atoms with Crippen LogP contribution in [0.1, 0.15) is 34.2 Å². The first-order chi connectivity index (χ1) is 13.5. The number of aromatic amines is 1. The topological polar surface area (TPSA) is 88.0 Å². The zero-order valence-corrected chi connectivity index (χ0v) is 16.2. The van der Waals surface area contributed by atoms with Crippen LogP contribution in [0.4, 0.5) is 0 Å². The van der Waals surface area contributed by atoms with Crippen molar-refractivity contribution in [2.75, 3.05) is 6.61 Å². The summed E-state index contributed by atoms with van der Waals surface area (Å²) in [6.07, 6.45) is 0. The second-order valence-corrected chi connectivity index (χ2v) is 6.36. The number of nitrogens with one attached hydrogen (secondary N) is 1. The molecule has 142 valence electrons. The van der Waals surface area contributed by atoms with Crippen molar-refractivity contribution in [2.45, 2.75) is 20.5 Å². The molecule has 7 heteroatoms. The number of halogens is 1. The lowest BCUT2D eigenvalue weighted by Gasteiger charge is -2.12. The van der Waals surface area contributed by atoms with Crippen molar-refractivity contribution in [1.82, 2.24) is 9.97 Å². The molecule has 0 spiro atoms. The van der Waals surface area contributed by atoms with Gasteiger partial charge in [0.25, 0.3) is 0 Å². The number of esters is 1. The zero-order valence-electron chi connectivity index (χ0n) is 15.5. The fraction of sp³-hybridized carbons (Fsp3) is 0.190. The third kappa shape index (κ3) is 4.00. The molecule has 3 aromatic rings. The van der Waals surface area contributed by atoms with Gasteiger partial charge in [0.15, 0.2) is 5.69 Å². The summed E-state index contributed by atoms with van der Waals surface area (Å²) in [5.41, 5.74) is 2.51. The number of hydrogen-bond acceptors (Lipinski definition) is 5. The molecule has 0 saturated carbocycles. The number of ether oxygens (including phenoxy) is 2. The lowest BCUT2D eigenvalue weighted by Crippen LogP contribution is -2.06. The number of aryl methyl sites for hydroxylation is 1. The van der Waals surface area contributed by atoms with Gasteiger partial charge in [0, 0.05) is 16.3 Å². The van der Waals surface area contributed by atoms with E-state index in [1.165, 1.54) is 0 Å². The average molecular weight is 396 g/mol. The second kappa shape index (κ2) is 8.59. The molecule has 0 fully saturated rings. The van der Waals surface area contributed by atoms with E-state index in [9.17, 15) is 10.1 Å². The highest BCUT2D eigenvalue weighted by Crippen LogP contribution is 2.33. The predicted octanol–water partition coefficient (Wildman–Crippen LogP) is 4.67. The van der Waals surface area contributed by atoms with Gasteiger partial charge >= 0.3 is 5.97 Å². The number of hydrogen-bond donors (Lipinski definition) is 1. The van der Waals surface area contributed by atoms with Crippen LogP contribution in [0, 0.1) is 18.3 Å². The van der Waals surface area contributed by atoms with Crippen molar-refractivity contribution in [3.8, 4) is 23.2 Å². The van der Waals surface area contributed by atoms with E-state index < -0.39 is 5.97 Å². The van der Waals surface area contributed by atoms with E-state index in [0.717, 1.165) is 5.56 Å². The van der Waals surface area contributed by atoms with Crippen LogP contribution in [0.15, 0.2) is 42.5 Å². The Labute approximate surface area is 167 Å². The number of nitriles is 1. The number of nitrogens with zero attached hydrogens (tertiary/aromatic N) is 2. The number of carbonyl (C=O) groups is 1. The van der Waals surface area contributed by atoms with Crippen molar-refractivity contribution in [1.29, 1.82) is 5.26 Å². The number of aromatic nitrogens is 2. The Bertz CT molecular complexity index is 1050. The van der Waals surface area contributed by atoms with Crippen LogP contribution in [0.3, 0.4) is 0 Å². The van der Waals surface area contributed by atoms with Gasteiger partial charge < -0.3 is 14.5 Å². The van der Waals surface area contributed by atoms with E-state index in [2.05, 4.69) is 16.0 Å². The molecule has 0 atom stereocenters. The van der Waals surface area contributed by atoms with Gasteiger partial charge in [-0.25, -0.2) is 9.78 Å². The fourth-order valence-corrected chi connectivity index (χ4v) is 2.91. The molecule has 0 saturated heterocycles. The van der Waals surface area contributed by atoms with Gasteiger partial charge in [-0.05, 0) is 32.0 Å². The van der Waals surface area contributed by atoms with E-state index >= 15 is 0 Å². The maximum absolute atomic E-state index is 12.1. The molecule has 3 rings (SSSR count). The summed E-state index contributed by atoms with van der Waals surface area (Å²) in [7, 11) is 0. The maximum Gasteiger partial charge on any atom is 0.358 e. The summed E-state index contributed by atoms with van der Waals surface area (Å²) in [5, 5.41) is 10.1. The Balaban J connectivity index is 1.99. The first-order valence-electron chi connectivity index (χ1n) is 8.68. The van der Waals surface area contributed by atoms with E-state index in [0.29, 0.717) is 33.4 Å². The first kappa shape index (κ1) is 19.5. The van der Waals surface area contributed by atoms with Crippen molar-refractivity contribution in [3.05, 3.63) is 70.0 Å². The Hall–Kier alpha value is -3.30. The SMILES string of the molecule is CCOC(=O)c1nc(-c2cccc(C#N)c2OCc2ccccc2Cl)[nH]c1C. The molecule has 28 heavy (non-hydrogen) atoms. The molecular weight excluding hydrogens is 378 g/mol. The van der Waals surface area contributed by atoms with Crippen LogP contribution in [0.5, 0.6) is 5.75 Å². The summed E-state index contributed by atoms with van der Waals surface area (Å²) in [6, 6.07) is 14.6. The van der Waals surface area contributed by atoms with Gasteiger partial charge in [-0.3, -0.25) is 0 Å². The predicted molar refractivity (Wildman–Crippen MR) is 105 cm³/mol. The summed E-state index contributed by atoms with van der Waals surface area (Å²) in [4.78, 5) is 19.5. The molecular formula is C21H18ClN3O3. The van der Waals surface area contributed by atoms with E-state index in [4.69, 9.17) is 21.1 Å². The second-order valence-electron chi connectivity index (χ2n) is 5.95. The van der Waals surface area contributed by atoms with E-state index in [-0.39, 0.29) is 18.9 Å². The Morgan fingerprint density at radius 3 is 2.75 bits per heavy atom. The number of carbonyl (C=O) groups excluding carboxylic acids is 1. The van der Waals surface area contributed by atoms with E-state index in [1.54, 1.807) is 38.1 Å². The summed E-state index contributed by atoms with van der Waals surface area (Å²) in [5.74, 6) is 0.290. The van der Waals surface area contributed by atoms with Crippen LogP contribution in [-0.4, -0.2) is 22.5 Å². The van der Waals surface area contributed by atoms with Crippen LogP contribution < -0.4 is 4.74 Å². The Kier molecular flexibility index (Phi) is 5.97. The highest BCUT2D eigenvalue weighted by Gasteiger charge is 2.20. The number of para-hydroxylation sites is 1. The summed E-state index contributed by atoms with van der Waals surface area (Å²) < 4.78 is 11.0. The quantitative estimate of drug-likeness (QED) is 0.613. The Morgan fingerprint density at radius 2 is 2.04 bits per heavy atom. The molecule has 0 bridgehead atoms. The van der Waals surface area contributed by atoms with Gasteiger partial charge in [-0.1, -0.05) is 35.9 Å². The van der Waals surface area contributed by atoms with E-state index in [1.807, 2.05) is 18.2 Å². The van der Waals surface area contributed by atoms with Crippen molar-refractivity contribution in [2.24, 2.45) is 0 Å².